The number of amides is 3. The van der Waals surface area contributed by atoms with Gasteiger partial charge < -0.3 is 25.3 Å². The number of nitrogens with zero attached hydrogens (tertiary/aromatic N) is 4. The lowest BCUT2D eigenvalue weighted by atomic mass is 9.97. The molecule has 1 aliphatic heterocycles. The van der Waals surface area contributed by atoms with Gasteiger partial charge in [0.05, 0.1) is 34.3 Å². The largest absolute Gasteiger partial charge is 0.505 e. The SMILES string of the molecule is Cc1nc(CN2CCN([C@H](C(=O)N[C@@H](Cc3ccccc3)[C@@H](O)CN(CC(C)C)S(=O)(=O)c3ccc(O)c(F)c3)C(C)C)C2=O)cs1. The van der Waals surface area contributed by atoms with Gasteiger partial charge in [-0.2, -0.15) is 4.31 Å². The monoisotopic (exact) mass is 689 g/mol. The van der Waals surface area contributed by atoms with Gasteiger partial charge in [0, 0.05) is 31.6 Å². The van der Waals surface area contributed by atoms with Crippen molar-refractivity contribution in [3.8, 4) is 5.75 Å². The average Bonchev–Trinajstić information content (AvgIpc) is 3.58. The van der Waals surface area contributed by atoms with E-state index in [0.717, 1.165) is 38.8 Å². The van der Waals surface area contributed by atoms with Gasteiger partial charge in [-0.15, -0.1) is 11.3 Å². The lowest BCUT2D eigenvalue weighted by Gasteiger charge is -2.34. The highest BCUT2D eigenvalue weighted by Gasteiger charge is 2.40. The molecular formula is C33H44FN5O6S2. The Morgan fingerprint density at radius 2 is 1.81 bits per heavy atom. The summed E-state index contributed by atoms with van der Waals surface area (Å²) in [7, 11) is -4.30. The fraction of sp³-hybridized carbons (Fsp3) is 0.485. The van der Waals surface area contributed by atoms with Crippen LogP contribution in [0.5, 0.6) is 5.75 Å². The van der Waals surface area contributed by atoms with Crippen molar-refractivity contribution in [3.63, 3.8) is 0 Å². The van der Waals surface area contributed by atoms with Crippen molar-refractivity contribution in [2.45, 2.75) is 70.7 Å². The average molecular weight is 690 g/mol. The van der Waals surface area contributed by atoms with E-state index in [9.17, 15) is 32.6 Å². The van der Waals surface area contributed by atoms with Crippen LogP contribution in [0.2, 0.25) is 0 Å². The molecule has 0 radical (unpaired) electrons. The molecule has 1 fully saturated rings. The van der Waals surface area contributed by atoms with Gasteiger partial charge in [0.2, 0.25) is 15.9 Å². The van der Waals surface area contributed by atoms with Crippen molar-refractivity contribution in [2.75, 3.05) is 26.2 Å². The van der Waals surface area contributed by atoms with Crippen LogP contribution < -0.4 is 5.32 Å². The molecule has 11 nitrogen and oxygen atoms in total. The number of halogens is 1. The molecule has 0 unspecified atom stereocenters. The van der Waals surface area contributed by atoms with Crippen LogP contribution in [0, 0.1) is 24.6 Å². The summed E-state index contributed by atoms with van der Waals surface area (Å²) in [6.07, 6.45) is -1.19. The third-order valence-corrected chi connectivity index (χ3v) is 10.6. The zero-order valence-electron chi connectivity index (χ0n) is 27.3. The number of aliphatic hydroxyl groups is 1. The predicted molar refractivity (Wildman–Crippen MR) is 178 cm³/mol. The number of phenols is 1. The Balaban J connectivity index is 1.58. The van der Waals surface area contributed by atoms with E-state index in [1.54, 1.807) is 9.80 Å². The molecule has 0 saturated carbocycles. The van der Waals surface area contributed by atoms with Crippen molar-refractivity contribution < 1.29 is 32.6 Å². The van der Waals surface area contributed by atoms with E-state index < -0.39 is 52.2 Å². The van der Waals surface area contributed by atoms with Crippen LogP contribution in [0.25, 0.3) is 0 Å². The van der Waals surface area contributed by atoms with Crippen LogP contribution in [0.4, 0.5) is 9.18 Å². The van der Waals surface area contributed by atoms with Crippen LogP contribution >= 0.6 is 11.3 Å². The van der Waals surface area contributed by atoms with Gasteiger partial charge in [-0.3, -0.25) is 4.79 Å². The number of sulfonamides is 1. The molecule has 3 aromatic rings. The molecule has 47 heavy (non-hydrogen) atoms. The number of hydrogen-bond donors (Lipinski definition) is 3. The third kappa shape index (κ3) is 9.06. The van der Waals surface area contributed by atoms with Crippen LogP contribution in [0.3, 0.4) is 0 Å². The maximum Gasteiger partial charge on any atom is 0.321 e. The number of aromatic hydroxyl groups is 1. The maximum atomic E-state index is 14.2. The van der Waals surface area contributed by atoms with E-state index in [1.165, 1.54) is 11.3 Å². The Labute approximate surface area is 280 Å². The van der Waals surface area contributed by atoms with Crippen molar-refractivity contribution in [1.29, 1.82) is 0 Å². The minimum absolute atomic E-state index is 0.0130. The number of benzene rings is 2. The van der Waals surface area contributed by atoms with Crippen LogP contribution in [-0.4, -0.2) is 94.0 Å². The molecule has 14 heteroatoms. The second-order valence-electron chi connectivity index (χ2n) is 12.6. The number of rotatable bonds is 15. The predicted octanol–water partition coefficient (Wildman–Crippen LogP) is 3.99. The van der Waals surface area contributed by atoms with Crippen molar-refractivity contribution in [1.82, 2.24) is 24.4 Å². The van der Waals surface area contributed by atoms with Gasteiger partial charge in [0.1, 0.15) is 6.04 Å². The maximum absolute atomic E-state index is 14.2. The first kappa shape index (κ1) is 36.2. The minimum Gasteiger partial charge on any atom is -0.505 e. The first-order valence-electron chi connectivity index (χ1n) is 15.6. The van der Waals surface area contributed by atoms with E-state index in [1.807, 2.05) is 70.3 Å². The number of carbonyl (C=O) groups is 2. The Morgan fingerprint density at radius 1 is 1.11 bits per heavy atom. The molecular weight excluding hydrogens is 646 g/mol. The Kier molecular flexibility index (Phi) is 12.0. The summed E-state index contributed by atoms with van der Waals surface area (Å²) < 4.78 is 42.6. The highest BCUT2D eigenvalue weighted by Crippen LogP contribution is 2.25. The van der Waals surface area contributed by atoms with Gasteiger partial charge in [-0.25, -0.2) is 22.6 Å². The van der Waals surface area contributed by atoms with Gasteiger partial charge >= 0.3 is 6.03 Å². The molecule has 0 aliphatic carbocycles. The number of aliphatic hydroxyl groups excluding tert-OH is 1. The topological polar surface area (TPSA) is 143 Å². The van der Waals surface area contributed by atoms with Crippen LogP contribution in [0.1, 0.15) is 44.0 Å². The summed E-state index contributed by atoms with van der Waals surface area (Å²) in [6, 6.07) is 9.95. The molecule has 1 saturated heterocycles. The highest BCUT2D eigenvalue weighted by molar-refractivity contribution is 7.89. The minimum atomic E-state index is -4.30. The standard InChI is InChI=1S/C33H44FN5O6S2/c1-21(2)17-38(47(44,45)26-11-12-29(40)27(34)16-26)19-30(41)28(15-24-9-7-6-8-10-24)36-32(42)31(22(3)4)39-14-13-37(33(39)43)18-25-20-46-23(5)35-25/h6-12,16,20-22,28,30-31,40-41H,13-15,17-19H2,1-5H3,(H,36,42)/t28-,30-,31-/m0/s1. The number of hydrogen-bond acceptors (Lipinski definition) is 8. The third-order valence-electron chi connectivity index (χ3n) is 7.99. The summed E-state index contributed by atoms with van der Waals surface area (Å²) in [5.41, 5.74) is 1.59. The molecule has 1 aromatic heterocycles. The summed E-state index contributed by atoms with van der Waals surface area (Å²) in [5.74, 6) is -2.64. The number of aryl methyl sites for hydroxylation is 1. The molecule has 3 atom stereocenters. The Morgan fingerprint density at radius 3 is 2.40 bits per heavy atom. The van der Waals surface area contributed by atoms with E-state index in [4.69, 9.17) is 0 Å². The summed E-state index contributed by atoms with van der Waals surface area (Å²) in [4.78, 5) is 34.8. The number of aromatic nitrogens is 1. The molecule has 4 rings (SSSR count). The van der Waals surface area contributed by atoms with E-state index in [-0.39, 0.29) is 35.7 Å². The molecule has 1 aliphatic rings. The normalized spacial score (nSPS) is 15.9. The second kappa shape index (κ2) is 15.5. The zero-order chi connectivity index (χ0) is 34.5. The van der Waals surface area contributed by atoms with Gasteiger partial charge in [0.25, 0.3) is 0 Å². The molecule has 256 valence electrons. The zero-order valence-corrected chi connectivity index (χ0v) is 29.0. The van der Waals surface area contributed by atoms with Crippen molar-refractivity contribution >= 4 is 33.3 Å². The Hall–Kier alpha value is -3.59. The van der Waals surface area contributed by atoms with E-state index in [0.29, 0.717) is 19.6 Å². The van der Waals surface area contributed by atoms with Crippen molar-refractivity contribution in [2.24, 2.45) is 11.8 Å². The van der Waals surface area contributed by atoms with Crippen LogP contribution in [-0.2, 0) is 27.8 Å². The van der Waals surface area contributed by atoms with Crippen LogP contribution in [0.15, 0.2) is 58.8 Å². The number of urea groups is 1. The van der Waals surface area contributed by atoms with Crippen molar-refractivity contribution in [3.05, 3.63) is 76.0 Å². The molecule has 2 aromatic carbocycles. The quantitative estimate of drug-likeness (QED) is 0.219. The first-order valence-corrected chi connectivity index (χ1v) is 18.0. The second-order valence-corrected chi connectivity index (χ2v) is 15.6. The Bertz CT molecular complexity index is 1640. The smallest absolute Gasteiger partial charge is 0.321 e. The number of carbonyl (C=O) groups excluding carboxylic acids is 2. The molecule has 2 heterocycles. The molecule has 3 amide bonds. The van der Waals surface area contributed by atoms with Gasteiger partial charge in [0.15, 0.2) is 11.6 Å². The summed E-state index contributed by atoms with van der Waals surface area (Å²) >= 11 is 1.51. The first-order chi connectivity index (χ1) is 22.2. The van der Waals surface area contributed by atoms with Gasteiger partial charge in [-0.1, -0.05) is 58.0 Å². The number of phenolic OH excluding ortho intramolecular Hbond substituents is 1. The molecule has 0 bridgehead atoms. The lowest BCUT2D eigenvalue weighted by molar-refractivity contribution is -0.128. The fourth-order valence-corrected chi connectivity index (χ4v) is 7.95. The number of thiazole rings is 1. The van der Waals surface area contributed by atoms with E-state index in [2.05, 4.69) is 10.3 Å². The highest BCUT2D eigenvalue weighted by atomic mass is 32.2. The summed E-state index contributed by atoms with van der Waals surface area (Å²) in [6.45, 7) is 9.96. The fourth-order valence-electron chi connectivity index (χ4n) is 5.72. The molecule has 0 spiro atoms. The lowest BCUT2D eigenvalue weighted by Crippen LogP contribution is -2.57. The van der Waals surface area contributed by atoms with E-state index >= 15 is 0 Å². The van der Waals surface area contributed by atoms with Gasteiger partial charge in [-0.05, 0) is 48.9 Å². The number of nitrogens with one attached hydrogen (secondary N) is 1. The molecule has 3 N–H and O–H groups in total. The summed E-state index contributed by atoms with van der Waals surface area (Å²) in [5, 5.41) is 27.0.